The number of aryl methyl sites for hydroxylation is 1. The second kappa shape index (κ2) is 6.74. The van der Waals surface area contributed by atoms with Crippen molar-refractivity contribution in [2.24, 2.45) is 5.41 Å². The molecule has 2 N–H and O–H groups in total. The summed E-state index contributed by atoms with van der Waals surface area (Å²) in [6.07, 6.45) is 0.670. The molecule has 0 aliphatic carbocycles. The highest BCUT2D eigenvalue weighted by molar-refractivity contribution is 5.95. The minimum absolute atomic E-state index is 0.000557. The molecule has 0 saturated carbocycles. The van der Waals surface area contributed by atoms with E-state index in [-0.39, 0.29) is 17.8 Å². The van der Waals surface area contributed by atoms with Crippen LogP contribution in [0.2, 0.25) is 0 Å². The highest BCUT2D eigenvalue weighted by Crippen LogP contribution is 2.30. The Morgan fingerprint density at radius 3 is 2.57 bits per heavy atom. The van der Waals surface area contributed by atoms with E-state index in [4.69, 9.17) is 4.74 Å². The van der Waals surface area contributed by atoms with Gasteiger partial charge in [-0.15, -0.1) is 0 Å². The Morgan fingerprint density at radius 2 is 2.04 bits per heavy atom. The van der Waals surface area contributed by atoms with Crippen LogP contribution in [-0.2, 0) is 9.53 Å². The number of hydrogen-bond donors (Lipinski definition) is 2. The molecule has 0 bridgehead atoms. The van der Waals surface area contributed by atoms with Crippen molar-refractivity contribution in [1.82, 2.24) is 5.32 Å². The fourth-order valence-electron chi connectivity index (χ4n) is 2.58. The first-order chi connectivity index (χ1) is 10.9. The van der Waals surface area contributed by atoms with Gasteiger partial charge >= 0.3 is 5.97 Å². The Bertz CT molecular complexity index is 637. The first-order valence-electron chi connectivity index (χ1n) is 7.20. The normalized spacial score (nSPS) is 16.6. The number of carboxylic acid groups (broad SMARTS) is 1. The molecule has 124 valence electrons. The number of nitro groups is 1. The number of amides is 1. The van der Waals surface area contributed by atoms with Crippen LogP contribution >= 0.6 is 0 Å². The van der Waals surface area contributed by atoms with Gasteiger partial charge in [0, 0.05) is 37.0 Å². The van der Waals surface area contributed by atoms with Crippen molar-refractivity contribution >= 4 is 17.6 Å². The summed E-state index contributed by atoms with van der Waals surface area (Å²) in [4.78, 5) is 34.0. The molecule has 1 aromatic carbocycles. The van der Waals surface area contributed by atoms with Gasteiger partial charge in [-0.25, -0.2) is 0 Å². The first-order valence-corrected chi connectivity index (χ1v) is 7.20. The van der Waals surface area contributed by atoms with Crippen LogP contribution in [0, 0.1) is 22.5 Å². The van der Waals surface area contributed by atoms with Gasteiger partial charge in [-0.1, -0.05) is 0 Å². The summed E-state index contributed by atoms with van der Waals surface area (Å²) in [6, 6.07) is 4.05. The number of aliphatic carboxylic acids is 1. The number of carbonyl (C=O) groups is 2. The molecule has 0 radical (unpaired) electrons. The molecule has 1 aromatic rings. The Morgan fingerprint density at radius 1 is 1.39 bits per heavy atom. The standard InChI is InChI=1S/C15H18N2O6/c1-10-8-11(2-3-12(10)17(21)22)13(18)16-9-15(14(19)20)4-6-23-7-5-15/h2-3,8H,4-7,9H2,1H3,(H,16,18)(H,19,20). The number of ether oxygens (including phenoxy) is 1. The SMILES string of the molecule is Cc1cc(C(=O)NCC2(C(=O)O)CCOCC2)ccc1[N+](=O)[O-]. The number of hydrogen-bond acceptors (Lipinski definition) is 5. The lowest BCUT2D eigenvalue weighted by molar-refractivity contribution is -0.385. The van der Waals surface area contributed by atoms with Gasteiger partial charge in [0.1, 0.15) is 0 Å². The summed E-state index contributed by atoms with van der Waals surface area (Å²) >= 11 is 0. The number of benzene rings is 1. The lowest BCUT2D eigenvalue weighted by Gasteiger charge is -2.33. The lowest BCUT2D eigenvalue weighted by atomic mass is 9.80. The van der Waals surface area contributed by atoms with E-state index >= 15 is 0 Å². The van der Waals surface area contributed by atoms with Gasteiger partial charge in [0.05, 0.1) is 10.3 Å². The molecule has 23 heavy (non-hydrogen) atoms. The van der Waals surface area contributed by atoms with Crippen LogP contribution in [0.25, 0.3) is 0 Å². The topological polar surface area (TPSA) is 119 Å². The summed E-state index contributed by atoms with van der Waals surface area (Å²) in [5, 5.41) is 22.8. The molecule has 0 atom stereocenters. The van der Waals surface area contributed by atoms with E-state index < -0.39 is 22.2 Å². The number of nitrogens with one attached hydrogen (secondary N) is 1. The summed E-state index contributed by atoms with van der Waals surface area (Å²) in [5.74, 6) is -1.41. The van der Waals surface area contributed by atoms with Crippen molar-refractivity contribution in [3.63, 3.8) is 0 Å². The molecule has 8 heteroatoms. The fraction of sp³-hybridized carbons (Fsp3) is 0.467. The first kappa shape index (κ1) is 16.9. The summed E-state index contributed by atoms with van der Waals surface area (Å²) in [6.45, 7) is 2.24. The van der Waals surface area contributed by atoms with Gasteiger partial charge in [-0.2, -0.15) is 0 Å². The van der Waals surface area contributed by atoms with Gasteiger partial charge in [-0.3, -0.25) is 19.7 Å². The summed E-state index contributed by atoms with van der Waals surface area (Å²) in [5.41, 5.74) is -0.445. The van der Waals surface area contributed by atoms with Gasteiger partial charge < -0.3 is 15.2 Å². The third-order valence-corrected chi connectivity index (χ3v) is 4.15. The van der Waals surface area contributed by atoms with Crippen LogP contribution in [0.3, 0.4) is 0 Å². The van der Waals surface area contributed by atoms with E-state index in [0.29, 0.717) is 31.6 Å². The van der Waals surface area contributed by atoms with Crippen molar-refractivity contribution in [1.29, 1.82) is 0 Å². The van der Waals surface area contributed by atoms with E-state index in [1.54, 1.807) is 6.92 Å². The number of carbonyl (C=O) groups excluding carboxylic acids is 1. The third kappa shape index (κ3) is 3.65. The molecule has 1 heterocycles. The molecule has 1 saturated heterocycles. The largest absolute Gasteiger partial charge is 0.481 e. The van der Waals surface area contributed by atoms with Crippen LogP contribution in [-0.4, -0.2) is 41.7 Å². The smallest absolute Gasteiger partial charge is 0.311 e. The van der Waals surface area contributed by atoms with Crippen LogP contribution < -0.4 is 5.32 Å². The number of rotatable bonds is 5. The molecule has 0 aromatic heterocycles. The molecule has 1 aliphatic rings. The predicted octanol–water partition coefficient (Wildman–Crippen LogP) is 1.51. The monoisotopic (exact) mass is 322 g/mol. The number of carboxylic acids is 1. The molecular weight excluding hydrogens is 304 g/mol. The quantitative estimate of drug-likeness (QED) is 0.626. The lowest BCUT2D eigenvalue weighted by Crippen LogP contribution is -2.46. The highest BCUT2D eigenvalue weighted by Gasteiger charge is 2.40. The molecule has 8 nitrogen and oxygen atoms in total. The fourth-order valence-corrected chi connectivity index (χ4v) is 2.58. The van der Waals surface area contributed by atoms with Crippen LogP contribution in [0.5, 0.6) is 0 Å². The minimum atomic E-state index is -1.02. The highest BCUT2D eigenvalue weighted by atomic mass is 16.6. The maximum atomic E-state index is 12.2. The minimum Gasteiger partial charge on any atom is -0.481 e. The van der Waals surface area contributed by atoms with Crippen molar-refractivity contribution < 1.29 is 24.4 Å². The zero-order valence-electron chi connectivity index (χ0n) is 12.7. The van der Waals surface area contributed by atoms with E-state index in [1.165, 1.54) is 18.2 Å². The molecule has 0 unspecified atom stereocenters. The zero-order valence-corrected chi connectivity index (χ0v) is 12.7. The Hall–Kier alpha value is -2.48. The van der Waals surface area contributed by atoms with Gasteiger partial charge in [-0.05, 0) is 31.9 Å². The molecule has 2 rings (SSSR count). The molecule has 1 fully saturated rings. The van der Waals surface area contributed by atoms with E-state index in [0.717, 1.165) is 0 Å². The average Bonchev–Trinajstić information content (AvgIpc) is 2.52. The van der Waals surface area contributed by atoms with Crippen molar-refractivity contribution in [2.45, 2.75) is 19.8 Å². The molecular formula is C15H18N2O6. The molecule has 1 aliphatic heterocycles. The van der Waals surface area contributed by atoms with Crippen LogP contribution in [0.15, 0.2) is 18.2 Å². The number of nitrogens with zero attached hydrogens (tertiary/aromatic N) is 1. The van der Waals surface area contributed by atoms with Gasteiger partial charge in [0.25, 0.3) is 11.6 Å². The second-order valence-electron chi connectivity index (χ2n) is 5.64. The predicted molar refractivity (Wildman–Crippen MR) is 80.3 cm³/mol. The summed E-state index contributed by atoms with van der Waals surface area (Å²) in [7, 11) is 0. The Balaban J connectivity index is 2.08. The van der Waals surface area contributed by atoms with Crippen LogP contribution in [0.1, 0.15) is 28.8 Å². The maximum Gasteiger partial charge on any atom is 0.311 e. The number of nitro benzene ring substituents is 1. The molecule has 0 spiro atoms. The van der Waals surface area contributed by atoms with Gasteiger partial charge in [0.2, 0.25) is 0 Å². The Labute approximate surface area is 132 Å². The van der Waals surface area contributed by atoms with E-state index in [1.807, 2.05) is 0 Å². The van der Waals surface area contributed by atoms with Crippen molar-refractivity contribution in [3.8, 4) is 0 Å². The van der Waals surface area contributed by atoms with Crippen molar-refractivity contribution in [2.75, 3.05) is 19.8 Å². The van der Waals surface area contributed by atoms with Crippen LogP contribution in [0.4, 0.5) is 5.69 Å². The van der Waals surface area contributed by atoms with E-state index in [9.17, 15) is 24.8 Å². The summed E-state index contributed by atoms with van der Waals surface area (Å²) < 4.78 is 5.18. The average molecular weight is 322 g/mol. The maximum absolute atomic E-state index is 12.2. The zero-order chi connectivity index (χ0) is 17.0. The third-order valence-electron chi connectivity index (χ3n) is 4.15. The van der Waals surface area contributed by atoms with Gasteiger partial charge in [0.15, 0.2) is 0 Å². The second-order valence-corrected chi connectivity index (χ2v) is 5.64. The Kier molecular flexibility index (Phi) is 4.95. The molecule has 1 amide bonds. The van der Waals surface area contributed by atoms with E-state index in [2.05, 4.69) is 5.32 Å². The van der Waals surface area contributed by atoms with Crippen molar-refractivity contribution in [3.05, 3.63) is 39.4 Å².